The average molecular weight is 418 g/mol. The standard InChI is InChI=1S/C21H23FN2O4S/c1-28-19-11-9-16(10-12-21(25)23-18-8-4-3-7-17(18)22)15-20(19)29(26,27)24-13-5-2-6-14-24/h3-4,7-12,15H,2,5-6,13-14H2,1H3,(H,23,25)/b12-10+. The molecule has 0 atom stereocenters. The van der Waals surface area contributed by atoms with Crippen molar-refractivity contribution in [1.82, 2.24) is 4.31 Å². The molecule has 0 saturated carbocycles. The third-order valence-corrected chi connectivity index (χ3v) is 6.60. The average Bonchev–Trinajstić information content (AvgIpc) is 2.74. The second-order valence-corrected chi connectivity index (χ2v) is 8.58. The molecule has 154 valence electrons. The molecule has 0 bridgehead atoms. The van der Waals surface area contributed by atoms with E-state index in [4.69, 9.17) is 4.74 Å². The van der Waals surface area contributed by atoms with Gasteiger partial charge in [-0.2, -0.15) is 4.31 Å². The summed E-state index contributed by atoms with van der Waals surface area (Å²) in [6.07, 6.45) is 5.38. The Bertz CT molecular complexity index is 1020. The molecule has 6 nitrogen and oxygen atoms in total. The van der Waals surface area contributed by atoms with Crippen LogP contribution in [0.5, 0.6) is 5.75 Å². The number of sulfonamides is 1. The lowest BCUT2D eigenvalue weighted by Gasteiger charge is -2.26. The van der Waals surface area contributed by atoms with Gasteiger partial charge in [-0.1, -0.05) is 24.6 Å². The Hall–Kier alpha value is -2.71. The van der Waals surface area contributed by atoms with E-state index in [0.717, 1.165) is 19.3 Å². The highest BCUT2D eigenvalue weighted by atomic mass is 32.2. The number of halogens is 1. The molecule has 3 rings (SSSR count). The van der Waals surface area contributed by atoms with E-state index in [9.17, 15) is 17.6 Å². The van der Waals surface area contributed by atoms with Gasteiger partial charge in [0, 0.05) is 19.2 Å². The molecule has 1 aliphatic rings. The Morgan fingerprint density at radius 2 is 1.86 bits per heavy atom. The first-order chi connectivity index (χ1) is 13.9. The lowest BCUT2D eigenvalue weighted by Crippen LogP contribution is -2.35. The van der Waals surface area contributed by atoms with E-state index < -0.39 is 21.7 Å². The molecule has 1 heterocycles. The van der Waals surface area contributed by atoms with E-state index in [0.29, 0.717) is 18.7 Å². The molecule has 0 aliphatic carbocycles. The number of anilines is 1. The number of methoxy groups -OCH3 is 1. The first-order valence-corrected chi connectivity index (χ1v) is 10.8. The predicted octanol–water partition coefficient (Wildman–Crippen LogP) is 3.66. The summed E-state index contributed by atoms with van der Waals surface area (Å²) in [4.78, 5) is 12.1. The van der Waals surface area contributed by atoms with Crippen LogP contribution >= 0.6 is 0 Å². The van der Waals surface area contributed by atoms with Crippen LogP contribution in [0.15, 0.2) is 53.4 Å². The molecule has 1 N–H and O–H groups in total. The number of benzene rings is 2. The molecule has 1 amide bonds. The van der Waals surface area contributed by atoms with Crippen LogP contribution in [0.3, 0.4) is 0 Å². The monoisotopic (exact) mass is 418 g/mol. The predicted molar refractivity (Wildman–Crippen MR) is 110 cm³/mol. The van der Waals surface area contributed by atoms with Crippen molar-refractivity contribution < 1.29 is 22.3 Å². The van der Waals surface area contributed by atoms with Gasteiger partial charge in [-0.25, -0.2) is 12.8 Å². The highest BCUT2D eigenvalue weighted by Gasteiger charge is 2.29. The first kappa shape index (κ1) is 21.0. The molecule has 2 aromatic rings. The summed E-state index contributed by atoms with van der Waals surface area (Å²) in [5.41, 5.74) is 0.593. The smallest absolute Gasteiger partial charge is 0.248 e. The molecule has 1 fully saturated rings. The molecule has 0 aromatic heterocycles. The quantitative estimate of drug-likeness (QED) is 0.727. The molecule has 29 heavy (non-hydrogen) atoms. The van der Waals surface area contributed by atoms with Crippen LogP contribution in [0, 0.1) is 5.82 Å². The number of carbonyl (C=O) groups is 1. The number of nitrogens with zero attached hydrogens (tertiary/aromatic N) is 1. The van der Waals surface area contributed by atoms with Gasteiger partial charge < -0.3 is 10.1 Å². The van der Waals surface area contributed by atoms with Gasteiger partial charge in [-0.05, 0) is 48.7 Å². The van der Waals surface area contributed by atoms with E-state index in [2.05, 4.69) is 5.32 Å². The number of nitrogens with one attached hydrogen (secondary N) is 1. The molecule has 0 unspecified atom stereocenters. The number of ether oxygens (including phenoxy) is 1. The number of amides is 1. The summed E-state index contributed by atoms with van der Waals surface area (Å²) >= 11 is 0. The molecule has 8 heteroatoms. The minimum Gasteiger partial charge on any atom is -0.495 e. The van der Waals surface area contributed by atoms with Crippen LogP contribution < -0.4 is 10.1 Å². The topological polar surface area (TPSA) is 75.7 Å². The van der Waals surface area contributed by atoms with Crippen molar-refractivity contribution in [2.45, 2.75) is 24.2 Å². The van der Waals surface area contributed by atoms with Gasteiger partial charge in [0.15, 0.2) is 0 Å². The van der Waals surface area contributed by atoms with Gasteiger partial charge in [0.25, 0.3) is 0 Å². The Kier molecular flexibility index (Phi) is 6.66. The Balaban J connectivity index is 1.82. The van der Waals surface area contributed by atoms with Crippen molar-refractivity contribution in [3.63, 3.8) is 0 Å². The molecular formula is C21H23FN2O4S. The number of hydrogen-bond donors (Lipinski definition) is 1. The number of para-hydroxylation sites is 1. The second-order valence-electron chi connectivity index (χ2n) is 6.68. The van der Waals surface area contributed by atoms with Crippen molar-refractivity contribution in [2.75, 3.05) is 25.5 Å². The fourth-order valence-electron chi connectivity index (χ4n) is 3.15. The van der Waals surface area contributed by atoms with Gasteiger partial charge in [0.05, 0.1) is 12.8 Å². The van der Waals surface area contributed by atoms with Crippen LogP contribution in [0.2, 0.25) is 0 Å². The molecular weight excluding hydrogens is 395 g/mol. The van der Waals surface area contributed by atoms with Gasteiger partial charge in [-0.15, -0.1) is 0 Å². The van der Waals surface area contributed by atoms with Gasteiger partial charge in [0.1, 0.15) is 16.5 Å². The fourth-order valence-corrected chi connectivity index (χ4v) is 4.86. The van der Waals surface area contributed by atoms with Crippen molar-refractivity contribution >= 4 is 27.7 Å². The summed E-state index contributed by atoms with van der Waals surface area (Å²) in [5.74, 6) is -0.802. The van der Waals surface area contributed by atoms with E-state index in [-0.39, 0.29) is 16.3 Å². The van der Waals surface area contributed by atoms with Crippen LogP contribution in [-0.2, 0) is 14.8 Å². The zero-order valence-electron chi connectivity index (χ0n) is 16.1. The second kappa shape index (κ2) is 9.19. The van der Waals surface area contributed by atoms with E-state index >= 15 is 0 Å². The zero-order chi connectivity index (χ0) is 20.9. The largest absolute Gasteiger partial charge is 0.495 e. The lowest BCUT2D eigenvalue weighted by molar-refractivity contribution is -0.111. The highest BCUT2D eigenvalue weighted by molar-refractivity contribution is 7.89. The minimum atomic E-state index is -3.70. The third-order valence-electron chi connectivity index (χ3n) is 4.68. The summed E-state index contributed by atoms with van der Waals surface area (Å²) in [5, 5.41) is 2.45. The van der Waals surface area contributed by atoms with Crippen molar-refractivity contribution in [3.05, 3.63) is 59.9 Å². The summed E-state index contributed by atoms with van der Waals surface area (Å²) in [7, 11) is -2.28. The fraction of sp³-hybridized carbons (Fsp3) is 0.286. The van der Waals surface area contributed by atoms with Crippen LogP contribution in [-0.4, -0.2) is 38.8 Å². The maximum atomic E-state index is 13.6. The molecule has 1 saturated heterocycles. The van der Waals surface area contributed by atoms with Crippen LogP contribution in [0.1, 0.15) is 24.8 Å². The zero-order valence-corrected chi connectivity index (χ0v) is 16.9. The Labute approximate surface area is 170 Å². The summed E-state index contributed by atoms with van der Waals surface area (Å²) < 4.78 is 46.4. The van der Waals surface area contributed by atoms with Crippen molar-refractivity contribution in [2.24, 2.45) is 0 Å². The van der Waals surface area contributed by atoms with Crippen molar-refractivity contribution in [3.8, 4) is 5.75 Å². The number of rotatable bonds is 6. The highest BCUT2D eigenvalue weighted by Crippen LogP contribution is 2.30. The Morgan fingerprint density at radius 3 is 2.55 bits per heavy atom. The molecule has 1 aliphatic heterocycles. The normalized spacial score (nSPS) is 15.4. The maximum absolute atomic E-state index is 13.6. The van der Waals surface area contributed by atoms with E-state index in [1.165, 1.54) is 47.8 Å². The molecule has 0 spiro atoms. The van der Waals surface area contributed by atoms with Gasteiger partial charge >= 0.3 is 0 Å². The van der Waals surface area contributed by atoms with Crippen LogP contribution in [0.4, 0.5) is 10.1 Å². The number of hydrogen-bond acceptors (Lipinski definition) is 4. The van der Waals surface area contributed by atoms with E-state index in [1.54, 1.807) is 18.2 Å². The third kappa shape index (κ3) is 5.02. The minimum absolute atomic E-state index is 0.0681. The molecule has 2 aromatic carbocycles. The number of carbonyl (C=O) groups excluding carboxylic acids is 1. The molecule has 0 radical (unpaired) electrons. The SMILES string of the molecule is COc1ccc(/C=C/C(=O)Nc2ccccc2F)cc1S(=O)(=O)N1CCCCC1. The van der Waals surface area contributed by atoms with E-state index in [1.807, 2.05) is 0 Å². The summed E-state index contributed by atoms with van der Waals surface area (Å²) in [6.45, 7) is 0.965. The first-order valence-electron chi connectivity index (χ1n) is 9.33. The lowest BCUT2D eigenvalue weighted by atomic mass is 10.2. The Morgan fingerprint density at radius 1 is 1.14 bits per heavy atom. The van der Waals surface area contributed by atoms with Crippen LogP contribution in [0.25, 0.3) is 6.08 Å². The number of piperidine rings is 1. The van der Waals surface area contributed by atoms with Gasteiger partial charge in [0.2, 0.25) is 15.9 Å². The van der Waals surface area contributed by atoms with Crippen molar-refractivity contribution in [1.29, 1.82) is 0 Å². The summed E-state index contributed by atoms with van der Waals surface area (Å²) in [6, 6.07) is 10.5. The maximum Gasteiger partial charge on any atom is 0.248 e. The van der Waals surface area contributed by atoms with Gasteiger partial charge in [-0.3, -0.25) is 4.79 Å².